The molecule has 1 amide bonds. The molecule has 1 aromatic heterocycles. The summed E-state index contributed by atoms with van der Waals surface area (Å²) in [7, 11) is 1.74. The zero-order chi connectivity index (χ0) is 21.1. The molecule has 1 saturated heterocycles. The van der Waals surface area contributed by atoms with Crippen molar-refractivity contribution in [2.24, 2.45) is 5.92 Å². The van der Waals surface area contributed by atoms with Crippen molar-refractivity contribution in [1.82, 2.24) is 14.9 Å². The van der Waals surface area contributed by atoms with Gasteiger partial charge < -0.3 is 15.0 Å². The van der Waals surface area contributed by atoms with E-state index in [2.05, 4.69) is 15.3 Å². The maximum Gasteiger partial charge on any atom is 0.266 e. The van der Waals surface area contributed by atoms with Gasteiger partial charge in [-0.15, -0.1) is 0 Å². The Hall–Kier alpha value is -2.84. The van der Waals surface area contributed by atoms with Gasteiger partial charge >= 0.3 is 0 Å². The number of benzene rings is 1. The third-order valence-electron chi connectivity index (χ3n) is 4.88. The van der Waals surface area contributed by atoms with Crippen molar-refractivity contribution in [3.63, 3.8) is 0 Å². The van der Waals surface area contributed by atoms with Crippen molar-refractivity contribution in [2.45, 2.75) is 32.7 Å². The van der Waals surface area contributed by atoms with Gasteiger partial charge in [0.25, 0.3) is 6.43 Å². The highest BCUT2D eigenvalue weighted by molar-refractivity contribution is 5.78. The van der Waals surface area contributed by atoms with E-state index in [1.165, 1.54) is 18.3 Å². The summed E-state index contributed by atoms with van der Waals surface area (Å²) in [6.07, 6.45) is -0.979. The molecule has 1 aliphatic rings. The Morgan fingerprint density at radius 3 is 2.72 bits per heavy atom. The zero-order valence-electron chi connectivity index (χ0n) is 16.5. The summed E-state index contributed by atoms with van der Waals surface area (Å²) in [5.74, 6) is 0.353. The molecule has 0 aliphatic carbocycles. The van der Waals surface area contributed by atoms with Crippen LogP contribution in [0.5, 0.6) is 5.75 Å². The molecule has 1 aliphatic heterocycles. The van der Waals surface area contributed by atoms with E-state index in [1.54, 1.807) is 25.8 Å². The molecule has 9 heteroatoms. The number of aromatic nitrogens is 2. The third kappa shape index (κ3) is 4.78. The van der Waals surface area contributed by atoms with Crippen LogP contribution in [-0.2, 0) is 4.79 Å². The molecule has 0 spiro atoms. The Kier molecular flexibility index (Phi) is 6.24. The van der Waals surface area contributed by atoms with Crippen LogP contribution >= 0.6 is 0 Å². The van der Waals surface area contributed by atoms with Gasteiger partial charge in [0.05, 0.1) is 24.4 Å². The topological polar surface area (TPSA) is 67.3 Å². The number of alkyl halides is 2. The summed E-state index contributed by atoms with van der Waals surface area (Å²) in [6, 6.07) is 3.28. The lowest BCUT2D eigenvalue weighted by molar-refractivity contribution is -0.126. The number of aryl methyl sites for hydroxylation is 1. The second-order valence-corrected chi connectivity index (χ2v) is 7.20. The molecule has 2 atom stereocenters. The largest absolute Gasteiger partial charge is 0.488 e. The zero-order valence-corrected chi connectivity index (χ0v) is 16.5. The fraction of sp³-hybridized carbons (Fsp3) is 0.450. The van der Waals surface area contributed by atoms with Crippen LogP contribution in [0, 0.1) is 18.7 Å². The number of nitrogens with one attached hydrogen (secondary N) is 1. The number of amides is 1. The van der Waals surface area contributed by atoms with Gasteiger partial charge in [0.15, 0.2) is 11.6 Å². The highest BCUT2D eigenvalue weighted by atomic mass is 19.3. The van der Waals surface area contributed by atoms with E-state index in [9.17, 15) is 18.0 Å². The number of nitrogens with zero attached hydrogens (tertiary/aromatic N) is 3. The molecule has 3 rings (SSSR count). The number of rotatable bonds is 7. The summed E-state index contributed by atoms with van der Waals surface area (Å²) in [6.45, 7) is 4.26. The van der Waals surface area contributed by atoms with Gasteiger partial charge in [0, 0.05) is 31.5 Å². The van der Waals surface area contributed by atoms with Gasteiger partial charge in [-0.25, -0.2) is 23.1 Å². The summed E-state index contributed by atoms with van der Waals surface area (Å²) < 4.78 is 46.3. The van der Waals surface area contributed by atoms with E-state index in [1.807, 2.05) is 0 Å². The molecule has 2 heterocycles. The molecule has 29 heavy (non-hydrogen) atoms. The number of hydrogen-bond acceptors (Lipinski definition) is 5. The van der Waals surface area contributed by atoms with E-state index < -0.39 is 23.8 Å². The van der Waals surface area contributed by atoms with E-state index in [4.69, 9.17) is 4.74 Å². The first-order chi connectivity index (χ1) is 13.8. The molecule has 0 saturated carbocycles. The fourth-order valence-corrected chi connectivity index (χ4v) is 3.30. The molecule has 2 aromatic rings. The SMILES string of the molecule is Cc1ncc(OCC2CC(=O)N(C)C2)c(N[C@H](C)c2cccc(C(F)F)c2F)n1. The average Bonchev–Trinajstić information content (AvgIpc) is 2.98. The van der Waals surface area contributed by atoms with Crippen LogP contribution in [0.25, 0.3) is 0 Å². The summed E-state index contributed by atoms with van der Waals surface area (Å²) in [4.78, 5) is 21.7. The Morgan fingerprint density at radius 2 is 2.07 bits per heavy atom. The highest BCUT2D eigenvalue weighted by Crippen LogP contribution is 2.31. The number of ether oxygens (including phenoxy) is 1. The van der Waals surface area contributed by atoms with Crippen molar-refractivity contribution in [3.05, 3.63) is 47.2 Å². The second kappa shape index (κ2) is 8.67. The number of anilines is 1. The molecule has 156 valence electrons. The van der Waals surface area contributed by atoms with Gasteiger partial charge in [-0.1, -0.05) is 18.2 Å². The van der Waals surface area contributed by atoms with Crippen molar-refractivity contribution in [1.29, 1.82) is 0 Å². The minimum atomic E-state index is -2.89. The molecule has 0 radical (unpaired) electrons. The molecular weight excluding hydrogens is 385 g/mol. The molecule has 0 bridgehead atoms. The van der Waals surface area contributed by atoms with Crippen molar-refractivity contribution in [2.75, 3.05) is 25.5 Å². The Labute approximate surface area is 167 Å². The predicted octanol–water partition coefficient (Wildman–Crippen LogP) is 3.89. The van der Waals surface area contributed by atoms with Gasteiger partial charge in [-0.2, -0.15) is 0 Å². The number of carbonyl (C=O) groups is 1. The first-order valence-corrected chi connectivity index (χ1v) is 9.29. The number of halogens is 3. The van der Waals surface area contributed by atoms with Gasteiger partial charge in [-0.3, -0.25) is 4.79 Å². The summed E-state index contributed by atoms with van der Waals surface area (Å²) in [5, 5.41) is 3.03. The molecule has 1 aromatic carbocycles. The third-order valence-corrected chi connectivity index (χ3v) is 4.88. The van der Waals surface area contributed by atoms with Crippen LogP contribution in [0.1, 0.15) is 42.8 Å². The quantitative estimate of drug-likeness (QED) is 0.753. The van der Waals surface area contributed by atoms with Crippen LogP contribution in [0.3, 0.4) is 0 Å². The maximum atomic E-state index is 14.5. The van der Waals surface area contributed by atoms with Crippen LogP contribution in [0.4, 0.5) is 19.0 Å². The lowest BCUT2D eigenvalue weighted by Crippen LogP contribution is -2.20. The Balaban J connectivity index is 1.76. The number of carbonyl (C=O) groups excluding carboxylic acids is 1. The van der Waals surface area contributed by atoms with E-state index in [0.717, 1.165) is 6.07 Å². The number of likely N-dealkylation sites (tertiary alicyclic amines) is 1. The van der Waals surface area contributed by atoms with Crippen LogP contribution < -0.4 is 10.1 Å². The van der Waals surface area contributed by atoms with Crippen LogP contribution in [0.2, 0.25) is 0 Å². The fourth-order valence-electron chi connectivity index (χ4n) is 3.30. The first-order valence-electron chi connectivity index (χ1n) is 9.29. The normalized spacial score (nSPS) is 17.7. The molecule has 1 N–H and O–H groups in total. The van der Waals surface area contributed by atoms with Crippen molar-refractivity contribution < 1.29 is 22.7 Å². The van der Waals surface area contributed by atoms with E-state index >= 15 is 0 Å². The van der Waals surface area contributed by atoms with E-state index in [0.29, 0.717) is 37.0 Å². The minimum Gasteiger partial charge on any atom is -0.488 e. The lowest BCUT2D eigenvalue weighted by Gasteiger charge is -2.20. The van der Waals surface area contributed by atoms with Gasteiger partial charge in [0.2, 0.25) is 5.91 Å². The lowest BCUT2D eigenvalue weighted by atomic mass is 10.0. The summed E-state index contributed by atoms with van der Waals surface area (Å²) >= 11 is 0. The maximum absolute atomic E-state index is 14.5. The minimum absolute atomic E-state index is 0.0549. The monoisotopic (exact) mass is 408 g/mol. The second-order valence-electron chi connectivity index (χ2n) is 7.20. The number of hydrogen-bond donors (Lipinski definition) is 1. The van der Waals surface area contributed by atoms with Crippen molar-refractivity contribution in [3.8, 4) is 5.75 Å². The summed E-state index contributed by atoms with van der Waals surface area (Å²) in [5.41, 5.74) is -0.533. The van der Waals surface area contributed by atoms with Crippen LogP contribution in [0.15, 0.2) is 24.4 Å². The first kappa shape index (κ1) is 20.9. The van der Waals surface area contributed by atoms with Crippen LogP contribution in [-0.4, -0.2) is 41.0 Å². The standard InChI is InChI=1S/C20H23F3N4O2/c1-11(14-5-4-6-15(18(14)21)19(22)23)25-20-16(8-24-12(2)26-20)29-10-13-7-17(28)27(3)9-13/h4-6,8,11,13,19H,7,9-10H2,1-3H3,(H,24,25,26)/t11-,13?/m1/s1. The molecule has 1 unspecified atom stereocenters. The molecule has 1 fully saturated rings. The van der Waals surface area contributed by atoms with Gasteiger partial charge in [0.1, 0.15) is 11.6 Å². The molecule has 6 nitrogen and oxygen atoms in total. The van der Waals surface area contributed by atoms with E-state index in [-0.39, 0.29) is 17.4 Å². The Bertz CT molecular complexity index is 894. The highest BCUT2D eigenvalue weighted by Gasteiger charge is 2.27. The Morgan fingerprint density at radius 1 is 1.34 bits per heavy atom. The smallest absolute Gasteiger partial charge is 0.266 e. The predicted molar refractivity (Wildman–Crippen MR) is 101 cm³/mol. The molecular formula is C20H23F3N4O2. The average molecular weight is 408 g/mol. The van der Waals surface area contributed by atoms with Gasteiger partial charge in [-0.05, 0) is 13.8 Å². The van der Waals surface area contributed by atoms with Crippen molar-refractivity contribution >= 4 is 11.7 Å².